The van der Waals surface area contributed by atoms with Crippen LogP contribution in [0.25, 0.3) is 0 Å². The minimum atomic E-state index is -0.134. The molecule has 0 aromatic carbocycles. The fraction of sp³-hybridized carbons (Fsp3) is 0.880. The van der Waals surface area contributed by atoms with E-state index in [1.54, 1.807) is 14.2 Å². The van der Waals surface area contributed by atoms with Crippen molar-refractivity contribution >= 4 is 17.4 Å². The summed E-state index contributed by atoms with van der Waals surface area (Å²) >= 11 is 0. The van der Waals surface area contributed by atoms with Crippen molar-refractivity contribution in [3.8, 4) is 0 Å². The third kappa shape index (κ3) is 3.68. The van der Waals surface area contributed by atoms with E-state index in [4.69, 9.17) is 14.4 Å². The molecule has 0 aromatic heterocycles. The molecule has 4 saturated carbocycles. The second-order valence-corrected chi connectivity index (χ2v) is 11.0. The number of oxime groups is 2. The summed E-state index contributed by atoms with van der Waals surface area (Å²) in [6, 6.07) is 0. The summed E-state index contributed by atoms with van der Waals surface area (Å²) in [5.74, 6) is 2.79. The van der Waals surface area contributed by atoms with E-state index in [2.05, 4.69) is 31.1 Å². The van der Waals surface area contributed by atoms with Crippen LogP contribution in [-0.4, -0.2) is 37.7 Å². The predicted octanol–water partition coefficient (Wildman–Crippen LogP) is 5.21. The Morgan fingerprint density at radius 2 is 1.71 bits per heavy atom. The SMILES string of the molecule is CO/N=C(/C)C1/C(=N/OC)CC2C3CC[C@H]4CC(OC(C)=O)CCC4(C)C3CCC12C. The minimum Gasteiger partial charge on any atom is -0.463 e. The summed E-state index contributed by atoms with van der Waals surface area (Å²) in [6.07, 6.45) is 9.32. The van der Waals surface area contributed by atoms with Gasteiger partial charge in [0.2, 0.25) is 0 Å². The van der Waals surface area contributed by atoms with Crippen molar-refractivity contribution in [1.29, 1.82) is 0 Å². The van der Waals surface area contributed by atoms with Gasteiger partial charge in [0.25, 0.3) is 0 Å². The van der Waals surface area contributed by atoms with E-state index in [1.807, 2.05) is 0 Å². The van der Waals surface area contributed by atoms with E-state index in [9.17, 15) is 4.79 Å². The fourth-order valence-corrected chi connectivity index (χ4v) is 8.50. The molecule has 0 bridgehead atoms. The van der Waals surface area contributed by atoms with Crippen molar-refractivity contribution < 1.29 is 19.2 Å². The van der Waals surface area contributed by atoms with E-state index < -0.39 is 0 Å². The first-order chi connectivity index (χ1) is 14.7. The molecule has 0 heterocycles. The maximum atomic E-state index is 11.5. The fourth-order valence-electron chi connectivity index (χ4n) is 8.50. The lowest BCUT2D eigenvalue weighted by Gasteiger charge is -2.60. The number of ether oxygens (including phenoxy) is 1. The number of hydrogen-bond acceptors (Lipinski definition) is 6. The van der Waals surface area contributed by atoms with Gasteiger partial charge in [-0.1, -0.05) is 24.2 Å². The average molecular weight is 433 g/mol. The smallest absolute Gasteiger partial charge is 0.302 e. The predicted molar refractivity (Wildman–Crippen MR) is 121 cm³/mol. The van der Waals surface area contributed by atoms with Gasteiger partial charge in [0.05, 0.1) is 11.4 Å². The lowest BCUT2D eigenvalue weighted by atomic mass is 9.44. The molecule has 0 saturated heterocycles. The molecule has 4 aliphatic rings. The van der Waals surface area contributed by atoms with Gasteiger partial charge in [-0.2, -0.15) is 0 Å². The molecule has 4 aliphatic carbocycles. The molecule has 0 spiro atoms. The van der Waals surface area contributed by atoms with Gasteiger partial charge in [0, 0.05) is 12.8 Å². The Kier molecular flexibility index (Phi) is 6.12. The molecule has 7 unspecified atom stereocenters. The van der Waals surface area contributed by atoms with Crippen molar-refractivity contribution in [2.24, 2.45) is 50.7 Å². The largest absolute Gasteiger partial charge is 0.463 e. The molecule has 0 amide bonds. The molecule has 6 nitrogen and oxygen atoms in total. The first-order valence-corrected chi connectivity index (χ1v) is 12.1. The van der Waals surface area contributed by atoms with Crippen LogP contribution in [0.5, 0.6) is 0 Å². The van der Waals surface area contributed by atoms with E-state index in [-0.39, 0.29) is 23.4 Å². The van der Waals surface area contributed by atoms with Crippen LogP contribution in [0.2, 0.25) is 0 Å². The number of esters is 1. The summed E-state index contributed by atoms with van der Waals surface area (Å²) in [5.41, 5.74) is 2.67. The zero-order chi connectivity index (χ0) is 22.4. The quantitative estimate of drug-likeness (QED) is 0.347. The average Bonchev–Trinajstić information content (AvgIpc) is 3.00. The van der Waals surface area contributed by atoms with Gasteiger partial charge in [0.15, 0.2) is 0 Å². The lowest BCUT2D eigenvalue weighted by molar-refractivity contribution is -0.159. The Morgan fingerprint density at radius 1 is 0.968 bits per heavy atom. The Morgan fingerprint density at radius 3 is 2.39 bits per heavy atom. The molecule has 31 heavy (non-hydrogen) atoms. The van der Waals surface area contributed by atoms with Crippen LogP contribution in [0.1, 0.15) is 79.1 Å². The summed E-state index contributed by atoms with van der Waals surface area (Å²) in [6.45, 7) is 8.61. The molecule has 8 atom stereocenters. The van der Waals surface area contributed by atoms with E-state index in [0.29, 0.717) is 23.2 Å². The van der Waals surface area contributed by atoms with Crippen LogP contribution in [-0.2, 0) is 19.2 Å². The Hall–Kier alpha value is -1.59. The monoisotopic (exact) mass is 432 g/mol. The highest BCUT2D eigenvalue weighted by atomic mass is 16.6. The third-order valence-corrected chi connectivity index (χ3v) is 9.67. The van der Waals surface area contributed by atoms with Gasteiger partial charge in [-0.3, -0.25) is 4.79 Å². The molecule has 0 N–H and O–H groups in total. The van der Waals surface area contributed by atoms with Crippen molar-refractivity contribution in [1.82, 2.24) is 0 Å². The summed E-state index contributed by atoms with van der Waals surface area (Å²) in [4.78, 5) is 21.9. The van der Waals surface area contributed by atoms with Crippen LogP contribution in [0.15, 0.2) is 10.3 Å². The number of carbonyl (C=O) groups is 1. The first kappa shape index (κ1) is 22.6. The number of fused-ring (bicyclic) bond motifs is 5. The molecule has 0 aromatic rings. The van der Waals surface area contributed by atoms with Crippen molar-refractivity contribution in [3.05, 3.63) is 0 Å². The van der Waals surface area contributed by atoms with E-state index >= 15 is 0 Å². The minimum absolute atomic E-state index is 0.116. The Labute approximate surface area is 187 Å². The van der Waals surface area contributed by atoms with Crippen molar-refractivity contribution in [3.63, 3.8) is 0 Å². The van der Waals surface area contributed by atoms with E-state index in [0.717, 1.165) is 36.6 Å². The van der Waals surface area contributed by atoms with Gasteiger partial charge in [-0.05, 0) is 92.8 Å². The van der Waals surface area contributed by atoms with Crippen molar-refractivity contribution in [2.45, 2.75) is 85.2 Å². The molecule has 6 heteroatoms. The molecule has 174 valence electrons. The van der Waals surface area contributed by atoms with Crippen LogP contribution in [0, 0.1) is 40.4 Å². The summed E-state index contributed by atoms with van der Waals surface area (Å²) in [5, 5.41) is 8.81. The second kappa shape index (κ2) is 8.40. The topological polar surface area (TPSA) is 69.5 Å². The normalized spacial score (nSPS) is 46.0. The zero-order valence-electron chi connectivity index (χ0n) is 20.1. The molecular weight excluding hydrogens is 392 g/mol. The Bertz CT molecular complexity index is 765. The molecule has 4 rings (SSSR count). The summed E-state index contributed by atoms with van der Waals surface area (Å²) < 4.78 is 5.62. The van der Waals surface area contributed by atoms with Crippen LogP contribution in [0.3, 0.4) is 0 Å². The van der Waals surface area contributed by atoms with Crippen LogP contribution in [0.4, 0.5) is 0 Å². The van der Waals surface area contributed by atoms with E-state index in [1.165, 1.54) is 39.0 Å². The molecular formula is C25H40N2O4. The van der Waals surface area contributed by atoms with Crippen molar-refractivity contribution in [2.75, 3.05) is 14.2 Å². The first-order valence-electron chi connectivity index (χ1n) is 12.1. The highest BCUT2D eigenvalue weighted by Crippen LogP contribution is 2.67. The maximum absolute atomic E-state index is 11.5. The highest BCUT2D eigenvalue weighted by Gasteiger charge is 2.62. The van der Waals surface area contributed by atoms with Gasteiger partial charge < -0.3 is 14.4 Å². The standard InChI is InChI=1S/C25H40N2O4/c1-15(26-29-5)23-22(27-30-6)14-21-19-8-7-17-13-18(31-16(2)28)9-11-24(17,3)20(19)10-12-25(21,23)4/h17-21,23H,7-14H2,1-6H3/b26-15-,27-22+/t17-,18?,19?,20?,21?,23?,24?,25?/m0/s1. The third-order valence-electron chi connectivity index (χ3n) is 9.67. The zero-order valence-corrected chi connectivity index (χ0v) is 20.1. The number of nitrogens with zero attached hydrogens (tertiary/aromatic N) is 2. The van der Waals surface area contributed by atoms with Gasteiger partial charge >= 0.3 is 5.97 Å². The number of hydrogen-bond donors (Lipinski definition) is 0. The van der Waals surface area contributed by atoms with Gasteiger partial charge in [0.1, 0.15) is 20.3 Å². The lowest BCUT2D eigenvalue weighted by Crippen LogP contribution is -2.54. The number of rotatable bonds is 4. The summed E-state index contributed by atoms with van der Waals surface area (Å²) in [7, 11) is 3.27. The Balaban J connectivity index is 1.60. The van der Waals surface area contributed by atoms with Gasteiger partial charge in [-0.25, -0.2) is 0 Å². The number of carbonyl (C=O) groups excluding carboxylic acids is 1. The molecule has 4 fully saturated rings. The van der Waals surface area contributed by atoms with Crippen LogP contribution < -0.4 is 0 Å². The molecule has 0 radical (unpaired) electrons. The van der Waals surface area contributed by atoms with Crippen LogP contribution >= 0.6 is 0 Å². The second-order valence-electron chi connectivity index (χ2n) is 11.0. The molecule has 0 aliphatic heterocycles. The van der Waals surface area contributed by atoms with Gasteiger partial charge in [-0.15, -0.1) is 0 Å². The highest BCUT2D eigenvalue weighted by molar-refractivity contribution is 6.08. The maximum Gasteiger partial charge on any atom is 0.302 e.